The van der Waals surface area contributed by atoms with Gasteiger partial charge in [0.1, 0.15) is 0 Å². The Morgan fingerprint density at radius 1 is 0.714 bits per heavy atom. The Balaban J connectivity index is 1.97. The van der Waals surface area contributed by atoms with Crippen LogP contribution in [0.2, 0.25) is 0 Å². The summed E-state index contributed by atoms with van der Waals surface area (Å²) in [6.45, 7) is 4.37. The Kier molecular flexibility index (Phi) is 4.51. The van der Waals surface area contributed by atoms with Crippen LogP contribution in [0.5, 0.6) is 0 Å². The number of nitrogens with zero attached hydrogens (tertiary/aromatic N) is 1. The van der Waals surface area contributed by atoms with E-state index in [1.54, 1.807) is 0 Å². The van der Waals surface area contributed by atoms with Gasteiger partial charge in [-0.2, -0.15) is 0 Å². The fraction of sp³-hybridized carbons (Fsp3) is 0.737. The molecular weight excluding hydrogens is 256 g/mol. The van der Waals surface area contributed by atoms with Crippen molar-refractivity contribution in [2.45, 2.75) is 89.9 Å². The molecule has 21 heavy (non-hydrogen) atoms. The number of anilines is 1. The minimum Gasteiger partial charge on any atom is -0.398 e. The number of aromatic nitrogens is 1. The highest BCUT2D eigenvalue weighted by molar-refractivity contribution is 5.57. The maximum Gasteiger partial charge on any atom is 0.0487 e. The Labute approximate surface area is 129 Å². The van der Waals surface area contributed by atoms with Gasteiger partial charge in [-0.15, -0.1) is 0 Å². The molecule has 0 amide bonds. The second-order valence-electron chi connectivity index (χ2n) is 7.22. The third-order valence-corrected chi connectivity index (χ3v) is 5.80. The number of pyridine rings is 1. The Morgan fingerprint density at radius 2 is 1.10 bits per heavy atom. The quantitative estimate of drug-likeness (QED) is 0.793. The average Bonchev–Trinajstić information content (AvgIpc) is 2.55. The molecule has 2 nitrogen and oxygen atoms in total. The fourth-order valence-electron chi connectivity index (χ4n) is 4.40. The summed E-state index contributed by atoms with van der Waals surface area (Å²) in [6.07, 6.45) is 13.5. The molecule has 2 heteroatoms. The first kappa shape index (κ1) is 14.9. The summed E-state index contributed by atoms with van der Waals surface area (Å²) in [5, 5.41) is 0. The Hall–Kier alpha value is -1.05. The molecule has 0 unspecified atom stereocenters. The lowest BCUT2D eigenvalue weighted by Gasteiger charge is -2.28. The molecule has 1 aromatic rings. The van der Waals surface area contributed by atoms with E-state index in [1.165, 1.54) is 86.7 Å². The first-order valence-corrected chi connectivity index (χ1v) is 8.95. The zero-order valence-corrected chi connectivity index (χ0v) is 13.8. The van der Waals surface area contributed by atoms with Gasteiger partial charge >= 0.3 is 0 Å². The van der Waals surface area contributed by atoms with Crippen molar-refractivity contribution in [3.8, 4) is 0 Å². The molecule has 0 spiro atoms. The molecule has 0 bridgehead atoms. The Morgan fingerprint density at radius 3 is 1.48 bits per heavy atom. The largest absolute Gasteiger partial charge is 0.398 e. The molecule has 1 heterocycles. The number of nitrogens with two attached hydrogens (primary N) is 1. The van der Waals surface area contributed by atoms with Gasteiger partial charge in [0, 0.05) is 28.9 Å². The highest BCUT2D eigenvalue weighted by Crippen LogP contribution is 2.40. The summed E-state index contributed by atoms with van der Waals surface area (Å²) in [5.41, 5.74) is 12.7. The lowest BCUT2D eigenvalue weighted by atomic mass is 9.81. The molecule has 2 N–H and O–H groups in total. The maximum absolute atomic E-state index is 6.46. The van der Waals surface area contributed by atoms with Gasteiger partial charge in [-0.1, -0.05) is 38.5 Å². The molecule has 3 rings (SSSR count). The van der Waals surface area contributed by atoms with Crippen LogP contribution in [0.4, 0.5) is 5.69 Å². The fourth-order valence-corrected chi connectivity index (χ4v) is 4.40. The monoisotopic (exact) mass is 286 g/mol. The summed E-state index contributed by atoms with van der Waals surface area (Å²) in [7, 11) is 0. The van der Waals surface area contributed by atoms with E-state index in [-0.39, 0.29) is 0 Å². The number of hydrogen-bond donors (Lipinski definition) is 1. The Bertz CT molecular complexity index is 453. The maximum atomic E-state index is 6.46. The van der Waals surface area contributed by atoms with Gasteiger partial charge in [-0.3, -0.25) is 4.98 Å². The molecule has 0 aromatic carbocycles. The molecule has 0 atom stereocenters. The predicted octanol–water partition coefficient (Wildman–Crippen LogP) is 5.38. The zero-order valence-electron chi connectivity index (χ0n) is 13.8. The lowest BCUT2D eigenvalue weighted by Crippen LogP contribution is -2.16. The van der Waals surface area contributed by atoms with Crippen molar-refractivity contribution in [1.29, 1.82) is 0 Å². The van der Waals surface area contributed by atoms with Gasteiger partial charge in [-0.25, -0.2) is 0 Å². The van der Waals surface area contributed by atoms with Crippen LogP contribution in [0, 0.1) is 13.8 Å². The molecule has 0 saturated heterocycles. The van der Waals surface area contributed by atoms with Crippen LogP contribution < -0.4 is 5.73 Å². The van der Waals surface area contributed by atoms with E-state index in [2.05, 4.69) is 13.8 Å². The molecular formula is C19H30N2. The smallest absolute Gasteiger partial charge is 0.0487 e. The second kappa shape index (κ2) is 6.37. The van der Waals surface area contributed by atoms with Gasteiger partial charge in [-0.05, 0) is 50.7 Å². The van der Waals surface area contributed by atoms with Crippen LogP contribution in [0.3, 0.4) is 0 Å². The first-order chi connectivity index (χ1) is 10.2. The van der Waals surface area contributed by atoms with E-state index in [1.807, 2.05) is 0 Å². The molecule has 1 aromatic heterocycles. The van der Waals surface area contributed by atoms with Crippen LogP contribution in [0.1, 0.15) is 98.6 Å². The molecule has 116 valence electrons. The molecule has 2 saturated carbocycles. The molecule has 2 aliphatic rings. The van der Waals surface area contributed by atoms with E-state index in [0.717, 1.165) is 5.69 Å². The van der Waals surface area contributed by atoms with Gasteiger partial charge in [0.25, 0.3) is 0 Å². The summed E-state index contributed by atoms with van der Waals surface area (Å²) in [5.74, 6) is 1.31. The summed E-state index contributed by atoms with van der Waals surface area (Å²) < 4.78 is 0. The predicted molar refractivity (Wildman–Crippen MR) is 89.8 cm³/mol. The third-order valence-electron chi connectivity index (χ3n) is 5.80. The van der Waals surface area contributed by atoms with Crippen LogP contribution in [0.15, 0.2) is 0 Å². The topological polar surface area (TPSA) is 38.9 Å². The highest BCUT2D eigenvalue weighted by atomic mass is 14.8. The van der Waals surface area contributed by atoms with Gasteiger partial charge in [0.05, 0.1) is 0 Å². The van der Waals surface area contributed by atoms with E-state index in [9.17, 15) is 0 Å². The van der Waals surface area contributed by atoms with Crippen molar-refractivity contribution in [2.75, 3.05) is 5.73 Å². The average molecular weight is 286 g/mol. The van der Waals surface area contributed by atoms with Crippen molar-refractivity contribution in [3.05, 3.63) is 22.5 Å². The number of nitrogen functional groups attached to an aromatic ring is 1. The van der Waals surface area contributed by atoms with Crippen molar-refractivity contribution in [3.63, 3.8) is 0 Å². The molecule has 2 fully saturated rings. The van der Waals surface area contributed by atoms with Gasteiger partial charge in [0.2, 0.25) is 0 Å². The first-order valence-electron chi connectivity index (χ1n) is 8.95. The van der Waals surface area contributed by atoms with E-state index < -0.39 is 0 Å². The zero-order chi connectivity index (χ0) is 14.8. The molecule has 0 radical (unpaired) electrons. The number of hydrogen-bond acceptors (Lipinski definition) is 2. The normalized spacial score (nSPS) is 21.6. The van der Waals surface area contributed by atoms with E-state index in [4.69, 9.17) is 10.7 Å². The minimum absolute atomic E-state index is 0.656. The van der Waals surface area contributed by atoms with Crippen molar-refractivity contribution in [1.82, 2.24) is 4.98 Å². The van der Waals surface area contributed by atoms with Crippen LogP contribution in [-0.4, -0.2) is 4.98 Å². The molecule has 2 aliphatic carbocycles. The lowest BCUT2D eigenvalue weighted by molar-refractivity contribution is 0.420. The van der Waals surface area contributed by atoms with E-state index in [0.29, 0.717) is 11.8 Å². The third kappa shape index (κ3) is 2.95. The van der Waals surface area contributed by atoms with Gasteiger partial charge in [0.15, 0.2) is 0 Å². The second-order valence-corrected chi connectivity index (χ2v) is 7.22. The standard InChI is InChI=1S/C19H30N2/c1-13-17(20)14(2)19(16-11-7-4-8-12-16)21-18(13)15-9-5-3-6-10-15/h15-16H,3-12H2,1-2H3,(H2,20,21). The molecule has 0 aliphatic heterocycles. The highest BCUT2D eigenvalue weighted by Gasteiger charge is 2.25. The summed E-state index contributed by atoms with van der Waals surface area (Å²) in [6, 6.07) is 0. The van der Waals surface area contributed by atoms with E-state index >= 15 is 0 Å². The van der Waals surface area contributed by atoms with Crippen LogP contribution in [0.25, 0.3) is 0 Å². The summed E-state index contributed by atoms with van der Waals surface area (Å²) in [4.78, 5) is 5.20. The number of rotatable bonds is 2. The van der Waals surface area contributed by atoms with Crippen LogP contribution >= 0.6 is 0 Å². The van der Waals surface area contributed by atoms with Crippen molar-refractivity contribution < 1.29 is 0 Å². The van der Waals surface area contributed by atoms with Crippen molar-refractivity contribution >= 4 is 5.69 Å². The SMILES string of the molecule is Cc1c(C2CCCCC2)nc(C2CCCCC2)c(C)c1N. The van der Waals surface area contributed by atoms with Gasteiger partial charge < -0.3 is 5.73 Å². The summed E-state index contributed by atoms with van der Waals surface area (Å²) >= 11 is 0. The van der Waals surface area contributed by atoms with Crippen LogP contribution in [-0.2, 0) is 0 Å². The van der Waals surface area contributed by atoms with Crippen molar-refractivity contribution in [2.24, 2.45) is 0 Å². The minimum atomic E-state index is 0.656.